The minimum atomic E-state index is 0.0226. The van der Waals surface area contributed by atoms with Crippen LogP contribution in [-0.4, -0.2) is 79.1 Å². The second-order valence-corrected chi connectivity index (χ2v) is 11.3. The van der Waals surface area contributed by atoms with Gasteiger partial charge in [0.2, 0.25) is 11.8 Å². The van der Waals surface area contributed by atoms with Gasteiger partial charge in [0.05, 0.1) is 5.75 Å². The second kappa shape index (κ2) is 13.7. The maximum absolute atomic E-state index is 12.4. The Hall–Kier alpha value is -0.540. The lowest BCUT2D eigenvalue weighted by atomic mass is 9.96. The van der Waals surface area contributed by atoms with E-state index < -0.39 is 0 Å². The lowest BCUT2D eigenvalue weighted by Gasteiger charge is -2.31. The molecule has 0 spiro atoms. The van der Waals surface area contributed by atoms with E-state index in [4.69, 9.17) is 11.6 Å². The quantitative estimate of drug-likeness (QED) is 0.299. The Morgan fingerprint density at radius 2 is 1.79 bits per heavy atom. The molecule has 1 aromatic rings. The number of piperidine rings is 1. The van der Waals surface area contributed by atoms with Crippen molar-refractivity contribution in [3.63, 3.8) is 0 Å². The lowest BCUT2D eigenvalue weighted by Crippen LogP contribution is -2.44. The van der Waals surface area contributed by atoms with Gasteiger partial charge in [-0.05, 0) is 51.2 Å². The van der Waals surface area contributed by atoms with Gasteiger partial charge < -0.3 is 15.1 Å². The Morgan fingerprint density at radius 3 is 2.45 bits per heavy atom. The van der Waals surface area contributed by atoms with Crippen molar-refractivity contribution >= 4 is 56.8 Å². The Balaban J connectivity index is 1.57. The van der Waals surface area contributed by atoms with E-state index in [9.17, 15) is 9.59 Å². The number of thioether (sulfide) groups is 1. The zero-order valence-corrected chi connectivity index (χ0v) is 20.3. The highest BCUT2D eigenvalue weighted by atomic mass is 35.5. The number of halogens is 1. The first kappa shape index (κ1) is 24.7. The zero-order valence-electron chi connectivity index (χ0n) is 17.1. The molecule has 1 heterocycles. The molecule has 0 unspecified atom stereocenters. The number of rotatable bonds is 11. The molecule has 0 bridgehead atoms. The highest BCUT2D eigenvalue weighted by molar-refractivity contribution is 8.76. The van der Waals surface area contributed by atoms with Crippen molar-refractivity contribution in [2.75, 3.05) is 57.5 Å². The first-order chi connectivity index (χ1) is 14.0. The highest BCUT2D eigenvalue weighted by Crippen LogP contribution is 2.23. The molecule has 1 N–H and O–H groups in total. The third-order valence-corrected chi connectivity index (χ3v) is 8.22. The third kappa shape index (κ3) is 9.87. The van der Waals surface area contributed by atoms with Crippen LogP contribution in [0.4, 0.5) is 0 Å². The van der Waals surface area contributed by atoms with Gasteiger partial charge in [-0.1, -0.05) is 33.2 Å². The zero-order chi connectivity index (χ0) is 21.1. The predicted molar refractivity (Wildman–Crippen MR) is 128 cm³/mol. The molecule has 1 fully saturated rings. The fourth-order valence-electron chi connectivity index (χ4n) is 2.86. The number of benzene rings is 1. The normalized spacial score (nSPS) is 15.0. The van der Waals surface area contributed by atoms with Crippen molar-refractivity contribution in [2.24, 2.45) is 5.92 Å². The standard InChI is InChI=1S/C20H30ClN3O2S3/c1-23(2)12-14-29-28-13-9-22-20(26)16-7-10-24(11-8-16)19(25)15-27-18-5-3-17(21)4-6-18/h3-6,16H,7-15H2,1-2H3,(H,22,26). The smallest absolute Gasteiger partial charge is 0.232 e. The molecule has 0 aromatic heterocycles. The van der Waals surface area contributed by atoms with Gasteiger partial charge in [0, 0.05) is 53.5 Å². The molecule has 1 aromatic carbocycles. The van der Waals surface area contributed by atoms with Crippen LogP contribution >= 0.6 is 45.0 Å². The molecule has 2 amide bonds. The summed E-state index contributed by atoms with van der Waals surface area (Å²) in [4.78, 5) is 29.8. The average molecular weight is 476 g/mol. The summed E-state index contributed by atoms with van der Waals surface area (Å²) < 4.78 is 0. The minimum absolute atomic E-state index is 0.0226. The van der Waals surface area contributed by atoms with Gasteiger partial charge in [0.25, 0.3) is 0 Å². The van der Waals surface area contributed by atoms with E-state index in [-0.39, 0.29) is 17.7 Å². The van der Waals surface area contributed by atoms with E-state index in [1.165, 1.54) is 11.8 Å². The van der Waals surface area contributed by atoms with Gasteiger partial charge in [-0.3, -0.25) is 9.59 Å². The molecule has 2 rings (SSSR count). The van der Waals surface area contributed by atoms with Crippen molar-refractivity contribution < 1.29 is 9.59 Å². The summed E-state index contributed by atoms with van der Waals surface area (Å²) in [5, 5.41) is 3.74. The second-order valence-electron chi connectivity index (χ2n) is 7.14. The van der Waals surface area contributed by atoms with Crippen molar-refractivity contribution in [3.05, 3.63) is 29.3 Å². The Labute approximate surface area is 191 Å². The molecule has 0 radical (unpaired) electrons. The molecule has 0 aliphatic carbocycles. The maximum atomic E-state index is 12.4. The molecule has 162 valence electrons. The van der Waals surface area contributed by atoms with Gasteiger partial charge in [0.15, 0.2) is 0 Å². The largest absolute Gasteiger partial charge is 0.355 e. The van der Waals surface area contributed by atoms with Gasteiger partial charge in [0.1, 0.15) is 0 Å². The summed E-state index contributed by atoms with van der Waals surface area (Å²) >= 11 is 7.41. The van der Waals surface area contributed by atoms with E-state index in [2.05, 4.69) is 24.3 Å². The maximum Gasteiger partial charge on any atom is 0.232 e. The summed E-state index contributed by atoms with van der Waals surface area (Å²) in [6.07, 6.45) is 1.49. The van der Waals surface area contributed by atoms with Crippen molar-refractivity contribution in [3.8, 4) is 0 Å². The molecule has 9 heteroatoms. The van der Waals surface area contributed by atoms with Crippen LogP contribution in [0.25, 0.3) is 0 Å². The number of carbonyl (C=O) groups is 2. The summed E-state index contributed by atoms with van der Waals surface area (Å²) in [7, 11) is 7.80. The van der Waals surface area contributed by atoms with Gasteiger partial charge in [-0.25, -0.2) is 0 Å². The van der Waals surface area contributed by atoms with Crippen LogP contribution in [0, 0.1) is 5.92 Å². The van der Waals surface area contributed by atoms with Gasteiger partial charge in [-0.2, -0.15) is 0 Å². The Bertz CT molecular complexity index is 638. The van der Waals surface area contributed by atoms with E-state index in [1.807, 2.05) is 40.0 Å². The number of amides is 2. The fourth-order valence-corrected chi connectivity index (χ4v) is 5.82. The van der Waals surface area contributed by atoms with E-state index in [0.29, 0.717) is 30.4 Å². The molecule has 1 saturated heterocycles. The minimum Gasteiger partial charge on any atom is -0.355 e. The molecule has 0 atom stereocenters. The van der Waals surface area contributed by atoms with Crippen LogP contribution in [0.15, 0.2) is 29.2 Å². The number of nitrogens with one attached hydrogen (secondary N) is 1. The molecule has 0 saturated carbocycles. The molecule has 5 nitrogen and oxygen atoms in total. The Kier molecular flexibility index (Phi) is 11.7. The van der Waals surface area contributed by atoms with Crippen LogP contribution in [0.3, 0.4) is 0 Å². The fraction of sp³-hybridized carbons (Fsp3) is 0.600. The number of hydrogen-bond donors (Lipinski definition) is 1. The lowest BCUT2D eigenvalue weighted by molar-refractivity contribution is -0.133. The van der Waals surface area contributed by atoms with Crippen LogP contribution < -0.4 is 5.32 Å². The summed E-state index contributed by atoms with van der Waals surface area (Å²) in [6.45, 7) is 3.09. The third-order valence-electron chi connectivity index (χ3n) is 4.58. The van der Waals surface area contributed by atoms with E-state index in [1.54, 1.807) is 10.8 Å². The van der Waals surface area contributed by atoms with Crippen LogP contribution in [0.1, 0.15) is 12.8 Å². The first-order valence-corrected chi connectivity index (χ1v) is 13.6. The van der Waals surface area contributed by atoms with Gasteiger partial charge in [-0.15, -0.1) is 11.8 Å². The molecule has 1 aliphatic rings. The average Bonchev–Trinajstić information content (AvgIpc) is 2.72. The molecule has 29 heavy (non-hydrogen) atoms. The summed E-state index contributed by atoms with van der Waals surface area (Å²) in [5.41, 5.74) is 0. The molecular weight excluding hydrogens is 446 g/mol. The van der Waals surface area contributed by atoms with Crippen molar-refractivity contribution in [1.82, 2.24) is 15.1 Å². The highest BCUT2D eigenvalue weighted by Gasteiger charge is 2.27. The molecule has 1 aliphatic heterocycles. The van der Waals surface area contributed by atoms with Crippen LogP contribution in [0.2, 0.25) is 5.02 Å². The van der Waals surface area contributed by atoms with Crippen LogP contribution in [-0.2, 0) is 9.59 Å². The number of carbonyl (C=O) groups excluding carboxylic acids is 2. The topological polar surface area (TPSA) is 52.7 Å². The number of likely N-dealkylation sites (tertiary alicyclic amines) is 1. The summed E-state index contributed by atoms with van der Waals surface area (Å²) in [5.74, 6) is 2.72. The van der Waals surface area contributed by atoms with E-state index in [0.717, 1.165) is 35.8 Å². The monoisotopic (exact) mass is 475 g/mol. The first-order valence-electron chi connectivity index (χ1n) is 9.78. The SMILES string of the molecule is CN(C)CCSSCCNC(=O)C1CCN(C(=O)CSc2ccc(Cl)cc2)CC1. The Morgan fingerprint density at radius 1 is 1.14 bits per heavy atom. The van der Waals surface area contributed by atoms with Gasteiger partial charge >= 0.3 is 0 Å². The number of nitrogens with zero attached hydrogens (tertiary/aromatic N) is 2. The summed E-state index contributed by atoms with van der Waals surface area (Å²) in [6, 6.07) is 7.52. The van der Waals surface area contributed by atoms with Crippen molar-refractivity contribution in [1.29, 1.82) is 0 Å². The van der Waals surface area contributed by atoms with Crippen molar-refractivity contribution in [2.45, 2.75) is 17.7 Å². The predicted octanol–water partition coefficient (Wildman–Crippen LogP) is 3.73. The van der Waals surface area contributed by atoms with E-state index >= 15 is 0 Å². The van der Waals surface area contributed by atoms with Crippen LogP contribution in [0.5, 0.6) is 0 Å². The molecular formula is C20H30ClN3O2S3. The number of hydrogen-bond acceptors (Lipinski definition) is 6.